The van der Waals surface area contributed by atoms with Crippen LogP contribution in [0.4, 0.5) is 0 Å². The largest absolute Gasteiger partial charge is 0.461 e. The third kappa shape index (κ3) is 2.89. The minimum atomic E-state index is -0.404. The maximum Gasteiger partial charge on any atom is 0.230 e. The van der Waals surface area contributed by atoms with Gasteiger partial charge >= 0.3 is 0 Å². The van der Waals surface area contributed by atoms with Crippen LogP contribution >= 0.6 is 0 Å². The molecule has 1 heterocycles. The van der Waals surface area contributed by atoms with E-state index < -0.39 is 6.10 Å². The highest BCUT2D eigenvalue weighted by Gasteiger charge is 2.31. The molecule has 1 aliphatic rings. The zero-order valence-electron chi connectivity index (χ0n) is 13.7. The zero-order valence-corrected chi connectivity index (χ0v) is 13.7. The van der Waals surface area contributed by atoms with E-state index in [9.17, 15) is 9.90 Å². The van der Waals surface area contributed by atoms with Gasteiger partial charge < -0.3 is 14.4 Å². The minimum Gasteiger partial charge on any atom is -0.461 e. The number of likely N-dealkylation sites (N-methyl/N-ethyl adjacent to an activating group) is 1. The van der Waals surface area contributed by atoms with E-state index in [-0.39, 0.29) is 12.3 Å². The fraction of sp³-hybridized carbons (Fsp3) is 0.350. The summed E-state index contributed by atoms with van der Waals surface area (Å²) in [4.78, 5) is 14.0. The first-order valence-electron chi connectivity index (χ1n) is 8.44. The van der Waals surface area contributed by atoms with Crippen LogP contribution in [0, 0.1) is 5.92 Å². The predicted octanol–water partition coefficient (Wildman–Crippen LogP) is 3.36. The topological polar surface area (TPSA) is 53.7 Å². The summed E-state index contributed by atoms with van der Waals surface area (Å²) < 4.78 is 5.85. The maximum atomic E-state index is 12.4. The second kappa shape index (κ2) is 5.95. The van der Waals surface area contributed by atoms with Crippen molar-refractivity contribution in [2.24, 2.45) is 5.92 Å². The molecule has 24 heavy (non-hydrogen) atoms. The molecule has 2 aromatic carbocycles. The van der Waals surface area contributed by atoms with Gasteiger partial charge in [-0.25, -0.2) is 0 Å². The van der Waals surface area contributed by atoms with Gasteiger partial charge in [-0.1, -0.05) is 30.3 Å². The third-order valence-electron chi connectivity index (χ3n) is 4.86. The highest BCUT2D eigenvalue weighted by atomic mass is 16.3. The Morgan fingerprint density at radius 2 is 2.04 bits per heavy atom. The molecule has 1 aliphatic carbocycles. The number of aliphatic hydroxyl groups excluding tert-OH is 1. The van der Waals surface area contributed by atoms with Gasteiger partial charge in [0, 0.05) is 19.0 Å². The van der Waals surface area contributed by atoms with Crippen molar-refractivity contribution in [1.82, 2.24) is 4.90 Å². The average Bonchev–Trinajstić information content (AvgIpc) is 3.35. The molecule has 1 saturated carbocycles. The number of hydrogen-bond donors (Lipinski definition) is 1. The Hall–Kier alpha value is -2.33. The minimum absolute atomic E-state index is 0.0296. The molecular weight excluding hydrogens is 302 g/mol. The Morgan fingerprint density at radius 1 is 1.25 bits per heavy atom. The molecule has 1 N–H and O–H groups in total. The number of hydrogen-bond acceptors (Lipinski definition) is 3. The van der Waals surface area contributed by atoms with Gasteiger partial charge in [0.05, 0.1) is 12.5 Å². The van der Waals surface area contributed by atoms with E-state index in [0.717, 1.165) is 34.6 Å². The van der Waals surface area contributed by atoms with Crippen LogP contribution < -0.4 is 0 Å². The number of furan rings is 1. The number of carbonyl (C=O) groups excluding carboxylic acids is 1. The van der Waals surface area contributed by atoms with Crippen molar-refractivity contribution in [1.29, 1.82) is 0 Å². The Bertz CT molecular complexity index is 894. The lowest BCUT2D eigenvalue weighted by Crippen LogP contribution is -2.36. The van der Waals surface area contributed by atoms with E-state index in [0.29, 0.717) is 18.2 Å². The second-order valence-corrected chi connectivity index (χ2v) is 6.77. The average molecular weight is 323 g/mol. The number of aliphatic hydroxyl groups is 1. The number of rotatable bonds is 5. The molecule has 0 bridgehead atoms. The van der Waals surface area contributed by atoms with Crippen LogP contribution in [0.25, 0.3) is 21.7 Å². The van der Waals surface area contributed by atoms with Gasteiger partial charge in [-0.2, -0.15) is 0 Å². The molecule has 1 unspecified atom stereocenters. The first kappa shape index (κ1) is 15.2. The lowest BCUT2D eigenvalue weighted by atomic mass is 10.1. The number of carbonyl (C=O) groups is 1. The van der Waals surface area contributed by atoms with Gasteiger partial charge in [0.1, 0.15) is 11.3 Å². The highest BCUT2D eigenvalue weighted by Crippen LogP contribution is 2.33. The summed E-state index contributed by atoms with van der Waals surface area (Å²) in [5.41, 5.74) is 0.803. The van der Waals surface area contributed by atoms with Gasteiger partial charge in [-0.15, -0.1) is 0 Å². The highest BCUT2D eigenvalue weighted by molar-refractivity contribution is 6.06. The molecule has 0 radical (unpaired) electrons. The predicted molar refractivity (Wildman–Crippen MR) is 93.8 cm³/mol. The second-order valence-electron chi connectivity index (χ2n) is 6.77. The summed E-state index contributed by atoms with van der Waals surface area (Å²) in [5, 5.41) is 13.3. The molecular formula is C20H21NO3. The molecule has 4 nitrogen and oxygen atoms in total. The molecule has 4 rings (SSSR count). The van der Waals surface area contributed by atoms with Crippen molar-refractivity contribution < 1.29 is 14.3 Å². The zero-order chi connectivity index (χ0) is 16.7. The monoisotopic (exact) mass is 323 g/mol. The molecule has 1 atom stereocenters. The number of amides is 1. The summed E-state index contributed by atoms with van der Waals surface area (Å²) in [5.74, 6) is 1.01. The van der Waals surface area contributed by atoms with Crippen LogP contribution in [0.3, 0.4) is 0 Å². The van der Waals surface area contributed by atoms with Crippen LogP contribution in [0.2, 0.25) is 0 Å². The van der Waals surface area contributed by atoms with Gasteiger partial charge in [-0.3, -0.25) is 4.79 Å². The van der Waals surface area contributed by atoms with Crippen molar-refractivity contribution in [3.63, 3.8) is 0 Å². The summed E-state index contributed by atoms with van der Waals surface area (Å²) in [6, 6.07) is 14.1. The van der Waals surface area contributed by atoms with Gasteiger partial charge in [0.2, 0.25) is 5.91 Å². The third-order valence-corrected chi connectivity index (χ3v) is 4.86. The van der Waals surface area contributed by atoms with E-state index in [1.807, 2.05) is 30.3 Å². The first-order chi connectivity index (χ1) is 11.6. The summed E-state index contributed by atoms with van der Waals surface area (Å²) in [6.07, 6.45) is 1.95. The van der Waals surface area contributed by atoms with Crippen LogP contribution in [0.1, 0.15) is 18.6 Å². The van der Waals surface area contributed by atoms with Crippen LogP contribution in [-0.4, -0.2) is 35.6 Å². The number of nitrogens with zero attached hydrogens (tertiary/aromatic N) is 1. The van der Waals surface area contributed by atoms with Crippen molar-refractivity contribution in [2.75, 3.05) is 13.6 Å². The van der Waals surface area contributed by atoms with Crippen molar-refractivity contribution >= 4 is 27.6 Å². The molecule has 1 fully saturated rings. The van der Waals surface area contributed by atoms with E-state index in [1.165, 1.54) is 0 Å². The van der Waals surface area contributed by atoms with Crippen LogP contribution in [-0.2, 0) is 11.2 Å². The Balaban J connectivity index is 1.53. The molecule has 0 saturated heterocycles. The van der Waals surface area contributed by atoms with Gasteiger partial charge in [0.25, 0.3) is 0 Å². The van der Waals surface area contributed by atoms with E-state index in [2.05, 4.69) is 12.1 Å². The molecule has 124 valence electrons. The molecule has 0 aliphatic heterocycles. The van der Waals surface area contributed by atoms with Crippen molar-refractivity contribution in [3.8, 4) is 0 Å². The van der Waals surface area contributed by atoms with Gasteiger partial charge in [0.15, 0.2) is 0 Å². The van der Waals surface area contributed by atoms with Gasteiger partial charge in [-0.05, 0) is 41.7 Å². The first-order valence-corrected chi connectivity index (χ1v) is 8.44. The number of fused-ring (bicyclic) bond motifs is 3. The lowest BCUT2D eigenvalue weighted by Gasteiger charge is -2.20. The Labute approximate surface area is 140 Å². The van der Waals surface area contributed by atoms with E-state index in [4.69, 9.17) is 4.42 Å². The lowest BCUT2D eigenvalue weighted by molar-refractivity contribution is -0.130. The standard InChI is InChI=1S/C20H21NO3/c1-21(12-18(22)14-6-7-14)20(23)11-15-10-17-16-5-3-2-4-13(16)8-9-19(17)24-15/h2-5,8-10,14,18,22H,6-7,11-12H2,1H3. The Morgan fingerprint density at radius 3 is 2.83 bits per heavy atom. The van der Waals surface area contributed by atoms with Crippen molar-refractivity contribution in [2.45, 2.75) is 25.4 Å². The SMILES string of the molecule is CN(CC(O)C1CC1)C(=O)Cc1cc2c(ccc3ccccc32)o1. The normalized spacial score (nSPS) is 15.8. The summed E-state index contributed by atoms with van der Waals surface area (Å²) >= 11 is 0. The van der Waals surface area contributed by atoms with Crippen LogP contribution in [0.5, 0.6) is 0 Å². The van der Waals surface area contributed by atoms with E-state index in [1.54, 1.807) is 11.9 Å². The molecule has 4 heteroatoms. The molecule has 1 aromatic heterocycles. The van der Waals surface area contributed by atoms with E-state index >= 15 is 0 Å². The van der Waals surface area contributed by atoms with Crippen LogP contribution in [0.15, 0.2) is 46.9 Å². The maximum absolute atomic E-state index is 12.4. The number of benzene rings is 2. The summed E-state index contributed by atoms with van der Waals surface area (Å²) in [7, 11) is 1.74. The quantitative estimate of drug-likeness (QED) is 0.783. The fourth-order valence-corrected chi connectivity index (χ4v) is 3.23. The molecule has 0 spiro atoms. The Kier molecular flexibility index (Phi) is 3.77. The smallest absolute Gasteiger partial charge is 0.230 e. The molecule has 3 aromatic rings. The molecule has 1 amide bonds. The fourth-order valence-electron chi connectivity index (χ4n) is 3.23. The van der Waals surface area contributed by atoms with Crippen molar-refractivity contribution in [3.05, 3.63) is 48.2 Å². The summed E-state index contributed by atoms with van der Waals surface area (Å²) in [6.45, 7) is 0.395.